The van der Waals surface area contributed by atoms with Gasteiger partial charge in [0.1, 0.15) is 17.0 Å². The summed E-state index contributed by atoms with van der Waals surface area (Å²) >= 11 is 0. The van der Waals surface area contributed by atoms with E-state index in [-0.39, 0.29) is 37.2 Å². The number of morpholine rings is 1. The summed E-state index contributed by atoms with van der Waals surface area (Å²) in [6, 6.07) is 6.05. The molecule has 2 bridgehead atoms. The lowest BCUT2D eigenvalue weighted by molar-refractivity contribution is -0.202. The number of nitrogens with one attached hydrogen (secondary N) is 1. The van der Waals surface area contributed by atoms with Gasteiger partial charge in [-0.2, -0.15) is 13.2 Å². The summed E-state index contributed by atoms with van der Waals surface area (Å²) in [6.07, 6.45) is 0.295. The van der Waals surface area contributed by atoms with Crippen molar-refractivity contribution < 1.29 is 32.2 Å². The zero-order chi connectivity index (χ0) is 35.1. The zero-order valence-electron chi connectivity index (χ0n) is 28.2. The van der Waals surface area contributed by atoms with E-state index < -0.39 is 30.9 Å². The first kappa shape index (κ1) is 32.8. The Bertz CT molecular complexity index is 1990. The second-order valence-corrected chi connectivity index (χ2v) is 14.2. The van der Waals surface area contributed by atoms with Crippen LogP contribution in [0.25, 0.3) is 28.1 Å². The number of pyridine rings is 2. The highest BCUT2D eigenvalue weighted by Crippen LogP contribution is 2.40. The average Bonchev–Trinajstić information content (AvgIpc) is 3.41. The fraction of sp³-hybridized carbons (Fsp3) is 0.543. The number of aryl methyl sites for hydroxylation is 1. The molecular formula is C35H41F3N8O4. The van der Waals surface area contributed by atoms with Crippen molar-refractivity contribution in [3.8, 4) is 17.3 Å². The van der Waals surface area contributed by atoms with Crippen LogP contribution in [0.4, 0.5) is 18.0 Å². The van der Waals surface area contributed by atoms with Crippen LogP contribution >= 0.6 is 0 Å². The van der Waals surface area contributed by atoms with Gasteiger partial charge in [-0.25, -0.2) is 14.8 Å². The van der Waals surface area contributed by atoms with E-state index in [4.69, 9.17) is 25.2 Å². The minimum Gasteiger partial charge on any atom is -0.482 e. The molecule has 15 heteroatoms. The highest BCUT2D eigenvalue weighted by molar-refractivity contribution is 5.97. The summed E-state index contributed by atoms with van der Waals surface area (Å²) in [5, 5.41) is 3.59. The number of methoxy groups -OCH3 is 1. The van der Waals surface area contributed by atoms with E-state index in [0.29, 0.717) is 40.9 Å². The number of urea groups is 1. The Labute approximate surface area is 286 Å². The Hall–Kier alpha value is -4.37. The number of carbonyl (C=O) groups excluding carboxylic acids is 2. The van der Waals surface area contributed by atoms with Crippen molar-refractivity contribution in [2.75, 3.05) is 26.9 Å². The van der Waals surface area contributed by atoms with Crippen molar-refractivity contribution in [1.29, 1.82) is 0 Å². The van der Waals surface area contributed by atoms with E-state index in [0.717, 1.165) is 59.5 Å². The predicted molar refractivity (Wildman–Crippen MR) is 178 cm³/mol. The third-order valence-corrected chi connectivity index (χ3v) is 10.9. The van der Waals surface area contributed by atoms with E-state index in [1.165, 1.54) is 0 Å². The highest BCUT2D eigenvalue weighted by atomic mass is 19.4. The Balaban J connectivity index is 1.13. The van der Waals surface area contributed by atoms with Gasteiger partial charge in [0.05, 0.1) is 43.4 Å². The SMILES string of the molecule is COc1cc(C(=O)N2[C@H]3CC[C@@H]2[C@H](N)C3)cc2nc(-c3cc4ccc([C@@H](C)NC(=O)N5CCOC[C@@H]5C(F)(F)F)nc4n3CC3CC3)c(C)n12. The molecule has 0 unspecified atom stereocenters. The van der Waals surface area contributed by atoms with Gasteiger partial charge in [-0.05, 0) is 76.1 Å². The second kappa shape index (κ2) is 12.1. The molecular weight excluding hydrogens is 653 g/mol. The molecule has 8 rings (SSSR count). The van der Waals surface area contributed by atoms with Crippen molar-refractivity contribution in [1.82, 2.24) is 34.1 Å². The van der Waals surface area contributed by atoms with E-state index in [1.807, 2.05) is 34.4 Å². The number of ether oxygens (including phenoxy) is 2. The van der Waals surface area contributed by atoms with Crippen LogP contribution < -0.4 is 15.8 Å². The maximum absolute atomic E-state index is 13.8. The third-order valence-electron chi connectivity index (χ3n) is 10.9. The number of rotatable bonds is 7. The summed E-state index contributed by atoms with van der Waals surface area (Å²) in [7, 11) is 1.58. The van der Waals surface area contributed by atoms with Crippen LogP contribution in [0.1, 0.15) is 66.8 Å². The molecule has 12 nitrogen and oxygen atoms in total. The van der Waals surface area contributed by atoms with Gasteiger partial charge in [0, 0.05) is 48.2 Å². The number of amides is 3. The molecule has 7 heterocycles. The molecule has 3 N–H and O–H groups in total. The molecule has 4 aliphatic rings. The summed E-state index contributed by atoms with van der Waals surface area (Å²) in [5.74, 6) is 0.920. The lowest BCUT2D eigenvalue weighted by Crippen LogP contribution is -2.58. The van der Waals surface area contributed by atoms with Crippen LogP contribution in [0.5, 0.6) is 5.88 Å². The van der Waals surface area contributed by atoms with Crippen molar-refractivity contribution in [2.24, 2.45) is 11.7 Å². The van der Waals surface area contributed by atoms with Gasteiger partial charge in [-0.3, -0.25) is 9.20 Å². The number of nitrogens with zero attached hydrogens (tertiary/aromatic N) is 6. The fourth-order valence-corrected chi connectivity index (χ4v) is 8.08. The molecule has 4 aromatic heterocycles. The lowest BCUT2D eigenvalue weighted by Gasteiger charge is -2.37. The van der Waals surface area contributed by atoms with Crippen molar-refractivity contribution in [3.05, 3.63) is 47.3 Å². The number of hydrogen-bond acceptors (Lipinski definition) is 7. The van der Waals surface area contributed by atoms with Crippen molar-refractivity contribution in [2.45, 2.75) is 88.9 Å². The first-order valence-corrected chi connectivity index (χ1v) is 17.3. The number of carbonyl (C=O) groups is 2. The Morgan fingerprint density at radius 2 is 1.94 bits per heavy atom. The number of imidazole rings is 1. The van der Waals surface area contributed by atoms with E-state index >= 15 is 0 Å². The van der Waals surface area contributed by atoms with Crippen LogP contribution in [-0.2, 0) is 11.3 Å². The molecule has 3 amide bonds. The summed E-state index contributed by atoms with van der Waals surface area (Å²) in [5.41, 5.74) is 11.1. The lowest BCUT2D eigenvalue weighted by atomic mass is 9.97. The topological polar surface area (TPSA) is 132 Å². The molecule has 50 heavy (non-hydrogen) atoms. The van der Waals surface area contributed by atoms with Crippen LogP contribution in [0.2, 0.25) is 0 Å². The molecule has 1 aliphatic carbocycles. The van der Waals surface area contributed by atoms with E-state index in [2.05, 4.69) is 9.88 Å². The molecule has 3 aliphatic heterocycles. The first-order valence-electron chi connectivity index (χ1n) is 17.3. The number of alkyl halides is 3. The number of aromatic nitrogens is 4. The summed E-state index contributed by atoms with van der Waals surface area (Å²) in [4.78, 5) is 39.6. The molecule has 1 saturated carbocycles. The third kappa shape index (κ3) is 5.54. The molecule has 266 valence electrons. The predicted octanol–water partition coefficient (Wildman–Crippen LogP) is 4.82. The van der Waals surface area contributed by atoms with Gasteiger partial charge in [0.2, 0.25) is 0 Å². The number of nitrogens with two attached hydrogens (primary N) is 1. The maximum atomic E-state index is 13.8. The first-order chi connectivity index (χ1) is 23.9. The van der Waals surface area contributed by atoms with Crippen molar-refractivity contribution >= 4 is 28.6 Å². The zero-order valence-corrected chi connectivity index (χ0v) is 28.2. The van der Waals surface area contributed by atoms with Gasteiger partial charge >= 0.3 is 12.2 Å². The Morgan fingerprint density at radius 1 is 1.14 bits per heavy atom. The van der Waals surface area contributed by atoms with Gasteiger partial charge in [0.25, 0.3) is 5.91 Å². The average molecular weight is 695 g/mol. The highest BCUT2D eigenvalue weighted by Gasteiger charge is 2.48. The van der Waals surface area contributed by atoms with Crippen LogP contribution in [0.15, 0.2) is 30.3 Å². The van der Waals surface area contributed by atoms with Gasteiger partial charge in [-0.1, -0.05) is 0 Å². The maximum Gasteiger partial charge on any atom is 0.411 e. The van der Waals surface area contributed by atoms with Crippen molar-refractivity contribution in [3.63, 3.8) is 0 Å². The summed E-state index contributed by atoms with van der Waals surface area (Å²) < 4.78 is 55.8. The minimum atomic E-state index is -4.60. The number of halogens is 3. The van der Waals surface area contributed by atoms with E-state index in [9.17, 15) is 22.8 Å². The molecule has 0 radical (unpaired) electrons. The smallest absolute Gasteiger partial charge is 0.411 e. The second-order valence-electron chi connectivity index (χ2n) is 14.2. The monoisotopic (exact) mass is 694 g/mol. The van der Waals surface area contributed by atoms with Crippen LogP contribution in [-0.4, -0.2) is 97.9 Å². The largest absolute Gasteiger partial charge is 0.482 e. The molecule has 0 aromatic carbocycles. The fourth-order valence-electron chi connectivity index (χ4n) is 8.08. The molecule has 5 atom stereocenters. The van der Waals surface area contributed by atoms with Crippen LogP contribution in [0, 0.1) is 12.8 Å². The van der Waals surface area contributed by atoms with Gasteiger partial charge in [-0.15, -0.1) is 0 Å². The van der Waals surface area contributed by atoms with Gasteiger partial charge in [0.15, 0.2) is 11.9 Å². The van der Waals surface area contributed by atoms with E-state index in [1.54, 1.807) is 26.2 Å². The normalized spacial score (nSPS) is 24.4. The molecule has 3 saturated heterocycles. The van der Waals surface area contributed by atoms with Crippen LogP contribution in [0.3, 0.4) is 0 Å². The summed E-state index contributed by atoms with van der Waals surface area (Å²) in [6.45, 7) is 3.68. The quantitative estimate of drug-likeness (QED) is 0.284. The number of hydrogen-bond donors (Lipinski definition) is 2. The Morgan fingerprint density at radius 3 is 2.62 bits per heavy atom. The minimum absolute atomic E-state index is 0.00289. The standard InChI is InChI=1S/C35H41F3N8O4/c1-18(40-34(48)43-10-11-50-17-28(43)35(36,37)38)25-8-6-21-12-27(44(32(21)41-25)16-20-4-5-20)31-19(2)45-29(42-31)13-22(14-30(45)49-3)33(47)46-23-7-9-26(46)24(39)15-23/h6,8,12-14,18,20,23-24,26,28H,4-5,7,9-11,15-17,39H2,1-3H3,(H,40,48)/t18-,23+,24-,26-,28-/m1/s1. The molecule has 4 aromatic rings. The number of fused-ring (bicyclic) bond motifs is 4. The molecule has 0 spiro atoms. The Kier molecular flexibility index (Phi) is 7.97. The molecule has 4 fully saturated rings. The van der Waals surface area contributed by atoms with Gasteiger partial charge < -0.3 is 34.9 Å².